The van der Waals surface area contributed by atoms with Crippen molar-refractivity contribution in [2.45, 2.75) is 39.5 Å². The number of amides is 1. The van der Waals surface area contributed by atoms with Gasteiger partial charge in [-0.15, -0.1) is 0 Å². The lowest BCUT2D eigenvalue weighted by Gasteiger charge is -2.13. The zero-order valence-electron chi connectivity index (χ0n) is 12.3. The summed E-state index contributed by atoms with van der Waals surface area (Å²) in [6.07, 6.45) is 3.31. The Morgan fingerprint density at radius 1 is 1.45 bits per heavy atom. The summed E-state index contributed by atoms with van der Waals surface area (Å²) in [6.45, 7) is 4.64. The third-order valence-corrected chi connectivity index (χ3v) is 3.59. The number of benzene rings is 1. The molecule has 0 saturated heterocycles. The predicted molar refractivity (Wildman–Crippen MR) is 81.2 cm³/mol. The Hall–Kier alpha value is -1.86. The Balaban J connectivity index is 2.59. The van der Waals surface area contributed by atoms with E-state index < -0.39 is 0 Å². The van der Waals surface area contributed by atoms with Gasteiger partial charge in [-0.1, -0.05) is 25.5 Å². The normalized spacial score (nSPS) is 11.7. The lowest BCUT2D eigenvalue weighted by molar-refractivity contribution is -0.116. The van der Waals surface area contributed by atoms with E-state index in [9.17, 15) is 4.79 Å². The van der Waals surface area contributed by atoms with Crippen molar-refractivity contribution in [1.29, 1.82) is 5.26 Å². The first-order chi connectivity index (χ1) is 9.62. The standard InChI is InChI=1S/C16H23N3O/c1-3-13(9-10-17)7-8-16(20)19-15-6-4-5-12(2)14(15)11-18/h4-6,13H,3,7-10,17H2,1-2H3,(H,19,20). The van der Waals surface area contributed by atoms with Crippen LogP contribution in [0, 0.1) is 24.2 Å². The highest BCUT2D eigenvalue weighted by atomic mass is 16.1. The van der Waals surface area contributed by atoms with E-state index in [1.54, 1.807) is 6.07 Å². The Morgan fingerprint density at radius 3 is 2.80 bits per heavy atom. The molecule has 0 radical (unpaired) electrons. The summed E-state index contributed by atoms with van der Waals surface area (Å²) in [5, 5.41) is 12.0. The molecule has 0 bridgehead atoms. The van der Waals surface area contributed by atoms with Crippen molar-refractivity contribution in [3.63, 3.8) is 0 Å². The van der Waals surface area contributed by atoms with Gasteiger partial charge in [-0.25, -0.2) is 0 Å². The summed E-state index contributed by atoms with van der Waals surface area (Å²) in [5.41, 5.74) is 7.57. The Bertz CT molecular complexity index is 491. The van der Waals surface area contributed by atoms with E-state index in [4.69, 9.17) is 11.0 Å². The van der Waals surface area contributed by atoms with E-state index in [1.165, 1.54) is 0 Å². The maximum Gasteiger partial charge on any atom is 0.224 e. The van der Waals surface area contributed by atoms with Crippen molar-refractivity contribution in [3.8, 4) is 6.07 Å². The van der Waals surface area contributed by atoms with E-state index in [0.29, 0.717) is 30.1 Å². The van der Waals surface area contributed by atoms with Crippen LogP contribution < -0.4 is 11.1 Å². The van der Waals surface area contributed by atoms with Gasteiger partial charge in [-0.3, -0.25) is 4.79 Å². The van der Waals surface area contributed by atoms with Gasteiger partial charge >= 0.3 is 0 Å². The summed E-state index contributed by atoms with van der Waals surface area (Å²) in [6, 6.07) is 7.60. The maximum absolute atomic E-state index is 12.0. The number of rotatable bonds is 7. The molecule has 0 spiro atoms. The first-order valence-electron chi connectivity index (χ1n) is 7.12. The molecular formula is C16H23N3O. The van der Waals surface area contributed by atoms with Crippen LogP contribution >= 0.6 is 0 Å². The van der Waals surface area contributed by atoms with Crippen LogP contribution in [0.2, 0.25) is 0 Å². The van der Waals surface area contributed by atoms with E-state index in [-0.39, 0.29) is 5.91 Å². The minimum absolute atomic E-state index is 0.0393. The molecule has 1 aromatic rings. The van der Waals surface area contributed by atoms with Crippen LogP contribution in [-0.4, -0.2) is 12.5 Å². The van der Waals surface area contributed by atoms with Crippen molar-refractivity contribution in [2.75, 3.05) is 11.9 Å². The van der Waals surface area contributed by atoms with Gasteiger partial charge in [-0.05, 0) is 43.9 Å². The predicted octanol–water partition coefficient (Wildman–Crippen LogP) is 2.96. The molecule has 1 aromatic carbocycles. The molecule has 0 aliphatic carbocycles. The molecule has 4 nitrogen and oxygen atoms in total. The minimum atomic E-state index is -0.0393. The zero-order valence-corrected chi connectivity index (χ0v) is 12.3. The van der Waals surface area contributed by atoms with Crippen LogP contribution in [-0.2, 0) is 4.79 Å². The Morgan fingerprint density at radius 2 is 2.20 bits per heavy atom. The van der Waals surface area contributed by atoms with Gasteiger partial charge in [0.25, 0.3) is 0 Å². The molecule has 0 heterocycles. The lowest BCUT2D eigenvalue weighted by atomic mass is 9.96. The summed E-state index contributed by atoms with van der Waals surface area (Å²) in [4.78, 5) is 12.0. The molecular weight excluding hydrogens is 250 g/mol. The Labute approximate surface area is 121 Å². The van der Waals surface area contributed by atoms with Gasteiger partial charge < -0.3 is 11.1 Å². The van der Waals surface area contributed by atoms with E-state index in [0.717, 1.165) is 24.8 Å². The van der Waals surface area contributed by atoms with Gasteiger partial charge in [0.05, 0.1) is 11.3 Å². The van der Waals surface area contributed by atoms with Crippen molar-refractivity contribution in [2.24, 2.45) is 11.7 Å². The second-order valence-electron chi connectivity index (χ2n) is 5.05. The number of nitrogens with zero attached hydrogens (tertiary/aromatic N) is 1. The highest BCUT2D eigenvalue weighted by Gasteiger charge is 2.11. The van der Waals surface area contributed by atoms with Gasteiger partial charge in [0.15, 0.2) is 0 Å². The number of carbonyl (C=O) groups is 1. The fourth-order valence-electron chi connectivity index (χ4n) is 2.26. The summed E-state index contributed by atoms with van der Waals surface area (Å²) in [7, 11) is 0. The van der Waals surface area contributed by atoms with E-state index in [1.807, 2.05) is 19.1 Å². The average Bonchev–Trinajstić information content (AvgIpc) is 2.43. The van der Waals surface area contributed by atoms with E-state index >= 15 is 0 Å². The summed E-state index contributed by atoms with van der Waals surface area (Å²) in [5.74, 6) is 0.460. The number of nitrogens with one attached hydrogen (secondary N) is 1. The van der Waals surface area contributed by atoms with Gasteiger partial charge in [0, 0.05) is 6.42 Å². The minimum Gasteiger partial charge on any atom is -0.330 e. The highest BCUT2D eigenvalue weighted by molar-refractivity contribution is 5.92. The lowest BCUT2D eigenvalue weighted by Crippen LogP contribution is -2.15. The first-order valence-corrected chi connectivity index (χ1v) is 7.12. The number of carbonyl (C=O) groups excluding carboxylic acids is 1. The number of nitrogens with two attached hydrogens (primary N) is 1. The molecule has 108 valence electrons. The van der Waals surface area contributed by atoms with Crippen LogP contribution in [0.4, 0.5) is 5.69 Å². The third kappa shape index (κ3) is 4.67. The zero-order chi connectivity index (χ0) is 15.0. The van der Waals surface area contributed by atoms with Crippen molar-refractivity contribution >= 4 is 11.6 Å². The molecule has 4 heteroatoms. The number of aryl methyl sites for hydroxylation is 1. The van der Waals surface area contributed by atoms with Gasteiger partial charge in [0.2, 0.25) is 5.91 Å². The molecule has 1 rings (SSSR count). The number of hydrogen-bond acceptors (Lipinski definition) is 3. The number of nitriles is 1. The fourth-order valence-corrected chi connectivity index (χ4v) is 2.26. The molecule has 3 N–H and O–H groups in total. The second-order valence-corrected chi connectivity index (χ2v) is 5.05. The summed E-state index contributed by atoms with van der Waals surface area (Å²) < 4.78 is 0. The van der Waals surface area contributed by atoms with E-state index in [2.05, 4.69) is 18.3 Å². The second kappa shape index (κ2) is 8.34. The van der Waals surface area contributed by atoms with Crippen LogP contribution in [0.15, 0.2) is 18.2 Å². The number of hydrogen-bond donors (Lipinski definition) is 2. The third-order valence-electron chi connectivity index (χ3n) is 3.59. The molecule has 0 saturated carbocycles. The maximum atomic E-state index is 12.0. The van der Waals surface area contributed by atoms with Gasteiger partial charge in [0.1, 0.15) is 6.07 Å². The van der Waals surface area contributed by atoms with Gasteiger partial charge in [-0.2, -0.15) is 5.26 Å². The molecule has 20 heavy (non-hydrogen) atoms. The highest BCUT2D eigenvalue weighted by Crippen LogP contribution is 2.20. The molecule has 1 atom stereocenters. The largest absolute Gasteiger partial charge is 0.330 e. The Kier molecular flexibility index (Phi) is 6.75. The topological polar surface area (TPSA) is 78.9 Å². The van der Waals surface area contributed by atoms with Crippen molar-refractivity contribution < 1.29 is 4.79 Å². The smallest absolute Gasteiger partial charge is 0.224 e. The monoisotopic (exact) mass is 273 g/mol. The average molecular weight is 273 g/mol. The van der Waals surface area contributed by atoms with Crippen LogP contribution in [0.1, 0.15) is 43.7 Å². The summed E-state index contributed by atoms with van der Waals surface area (Å²) >= 11 is 0. The quantitative estimate of drug-likeness (QED) is 0.801. The van der Waals surface area contributed by atoms with Crippen molar-refractivity contribution in [1.82, 2.24) is 0 Å². The van der Waals surface area contributed by atoms with Crippen molar-refractivity contribution in [3.05, 3.63) is 29.3 Å². The first kappa shape index (κ1) is 16.2. The molecule has 0 aliphatic heterocycles. The number of anilines is 1. The fraction of sp³-hybridized carbons (Fsp3) is 0.500. The van der Waals surface area contributed by atoms with Crippen LogP contribution in [0.5, 0.6) is 0 Å². The van der Waals surface area contributed by atoms with Crippen LogP contribution in [0.3, 0.4) is 0 Å². The molecule has 0 fully saturated rings. The molecule has 0 aliphatic rings. The SMILES string of the molecule is CCC(CCN)CCC(=O)Nc1cccc(C)c1C#N. The molecule has 0 aromatic heterocycles. The molecule has 1 amide bonds. The molecule has 1 unspecified atom stereocenters. The van der Waals surface area contributed by atoms with Crippen LogP contribution in [0.25, 0.3) is 0 Å².